The van der Waals surface area contributed by atoms with Crippen LogP contribution in [0.4, 0.5) is 13.2 Å². The fourth-order valence-corrected chi connectivity index (χ4v) is 3.02. The van der Waals surface area contributed by atoms with Gasteiger partial charge in [0.15, 0.2) is 17.5 Å². The fraction of sp³-hybridized carbons (Fsp3) is 0.462. The number of amides is 1. The van der Waals surface area contributed by atoms with Gasteiger partial charge in [-0.05, 0) is 30.9 Å². The summed E-state index contributed by atoms with van der Waals surface area (Å²) in [6.07, 6.45) is 3.10. The molecule has 1 saturated carbocycles. The first-order chi connectivity index (χ1) is 9.00. The lowest BCUT2D eigenvalue weighted by Crippen LogP contribution is -2.31. The molecule has 1 aliphatic carbocycles. The van der Waals surface area contributed by atoms with Crippen LogP contribution in [0.25, 0.3) is 0 Å². The molecule has 0 aromatic heterocycles. The van der Waals surface area contributed by atoms with E-state index in [0.29, 0.717) is 11.4 Å². The van der Waals surface area contributed by atoms with E-state index in [1.807, 2.05) is 0 Å². The first-order valence-corrected chi connectivity index (χ1v) is 6.98. The van der Waals surface area contributed by atoms with E-state index in [0.717, 1.165) is 31.4 Å². The molecule has 1 aromatic rings. The van der Waals surface area contributed by atoms with E-state index in [2.05, 4.69) is 21.2 Å². The number of rotatable bonds is 3. The summed E-state index contributed by atoms with van der Waals surface area (Å²) in [5.41, 5.74) is -0.469. The molecule has 1 N–H and O–H groups in total. The van der Waals surface area contributed by atoms with E-state index in [1.54, 1.807) is 0 Å². The second-order valence-corrected chi connectivity index (χ2v) is 5.82. The zero-order valence-corrected chi connectivity index (χ0v) is 11.6. The lowest BCUT2D eigenvalue weighted by Gasteiger charge is -2.15. The molecule has 2 unspecified atom stereocenters. The number of hydrogen-bond acceptors (Lipinski definition) is 1. The number of alkyl halides is 1. The Bertz CT molecular complexity index is 495. The van der Waals surface area contributed by atoms with Crippen LogP contribution in [-0.4, -0.2) is 17.3 Å². The third-order valence-corrected chi connectivity index (χ3v) is 4.58. The third-order valence-electron chi connectivity index (χ3n) is 3.37. The molecule has 1 fully saturated rings. The van der Waals surface area contributed by atoms with Crippen LogP contribution in [0, 0.1) is 23.4 Å². The molecule has 19 heavy (non-hydrogen) atoms. The summed E-state index contributed by atoms with van der Waals surface area (Å²) in [6, 6.07) is 1.69. The van der Waals surface area contributed by atoms with Crippen molar-refractivity contribution < 1.29 is 18.0 Å². The lowest BCUT2D eigenvalue weighted by atomic mass is 10.1. The first kappa shape index (κ1) is 14.4. The molecule has 0 aliphatic heterocycles. The minimum absolute atomic E-state index is 0.289. The number of nitrogens with one attached hydrogen (secondary N) is 1. The number of carbonyl (C=O) groups excluding carboxylic acids is 1. The van der Waals surface area contributed by atoms with E-state index < -0.39 is 28.9 Å². The zero-order chi connectivity index (χ0) is 14.0. The van der Waals surface area contributed by atoms with Crippen molar-refractivity contribution in [2.45, 2.75) is 24.1 Å². The molecule has 0 saturated heterocycles. The Kier molecular flexibility index (Phi) is 4.50. The molecule has 1 aliphatic rings. The monoisotopic (exact) mass is 335 g/mol. The lowest BCUT2D eigenvalue weighted by molar-refractivity contribution is 0.0942. The Balaban J connectivity index is 2.02. The molecule has 1 aromatic carbocycles. The maximum Gasteiger partial charge on any atom is 0.254 e. The molecule has 0 heterocycles. The molecule has 0 bridgehead atoms. The van der Waals surface area contributed by atoms with Gasteiger partial charge in [-0.1, -0.05) is 22.4 Å². The van der Waals surface area contributed by atoms with Gasteiger partial charge in [0.1, 0.15) is 0 Å². The van der Waals surface area contributed by atoms with Gasteiger partial charge in [0.2, 0.25) is 0 Å². The van der Waals surface area contributed by atoms with E-state index >= 15 is 0 Å². The largest absolute Gasteiger partial charge is 0.352 e. The van der Waals surface area contributed by atoms with Gasteiger partial charge in [0.05, 0.1) is 5.56 Å². The highest BCUT2D eigenvalue weighted by atomic mass is 79.9. The number of benzene rings is 1. The standard InChI is InChI=1S/C13H13BrF3NO/c14-9-3-1-2-7(9)6-18-13(19)8-4-5-10(15)12(17)11(8)16/h4-5,7,9H,1-3,6H2,(H,18,19). The Hall–Kier alpha value is -1.04. The van der Waals surface area contributed by atoms with Gasteiger partial charge in [-0.2, -0.15) is 0 Å². The van der Waals surface area contributed by atoms with Gasteiger partial charge < -0.3 is 5.32 Å². The topological polar surface area (TPSA) is 29.1 Å². The summed E-state index contributed by atoms with van der Waals surface area (Å²) in [7, 11) is 0. The van der Waals surface area contributed by atoms with Crippen molar-refractivity contribution in [3.8, 4) is 0 Å². The highest BCUT2D eigenvalue weighted by Gasteiger charge is 2.26. The van der Waals surface area contributed by atoms with Crippen LogP contribution in [-0.2, 0) is 0 Å². The van der Waals surface area contributed by atoms with Crippen LogP contribution in [0.2, 0.25) is 0 Å². The smallest absolute Gasteiger partial charge is 0.254 e. The van der Waals surface area contributed by atoms with Crippen molar-refractivity contribution >= 4 is 21.8 Å². The molecule has 6 heteroatoms. The van der Waals surface area contributed by atoms with Crippen molar-refractivity contribution in [3.05, 3.63) is 35.1 Å². The Morgan fingerprint density at radius 2 is 2.00 bits per heavy atom. The maximum atomic E-state index is 13.4. The van der Waals surface area contributed by atoms with E-state index in [9.17, 15) is 18.0 Å². The van der Waals surface area contributed by atoms with Crippen LogP contribution in [0.5, 0.6) is 0 Å². The van der Waals surface area contributed by atoms with Gasteiger partial charge in [-0.3, -0.25) is 4.79 Å². The quantitative estimate of drug-likeness (QED) is 0.665. The van der Waals surface area contributed by atoms with Crippen molar-refractivity contribution in [3.63, 3.8) is 0 Å². The summed E-state index contributed by atoms with van der Waals surface area (Å²) in [6.45, 7) is 0.396. The van der Waals surface area contributed by atoms with Gasteiger partial charge in [0, 0.05) is 11.4 Å². The summed E-state index contributed by atoms with van der Waals surface area (Å²) < 4.78 is 39.2. The fourth-order valence-electron chi connectivity index (χ4n) is 2.24. The first-order valence-electron chi connectivity index (χ1n) is 6.06. The highest BCUT2D eigenvalue weighted by Crippen LogP contribution is 2.30. The average Bonchev–Trinajstić information content (AvgIpc) is 2.79. The molecule has 2 nitrogen and oxygen atoms in total. The summed E-state index contributed by atoms with van der Waals surface area (Å²) in [4.78, 5) is 12.1. The second-order valence-electron chi connectivity index (χ2n) is 4.64. The van der Waals surface area contributed by atoms with Crippen LogP contribution < -0.4 is 5.32 Å². The number of halogens is 4. The molecule has 0 spiro atoms. The van der Waals surface area contributed by atoms with E-state index in [1.165, 1.54) is 0 Å². The number of hydrogen-bond donors (Lipinski definition) is 1. The molecule has 2 rings (SSSR count). The van der Waals surface area contributed by atoms with Crippen LogP contribution in [0.1, 0.15) is 29.6 Å². The third kappa shape index (κ3) is 3.11. The second kappa shape index (κ2) is 5.94. The van der Waals surface area contributed by atoms with Crippen LogP contribution >= 0.6 is 15.9 Å². The zero-order valence-electron chi connectivity index (χ0n) is 10.1. The van der Waals surface area contributed by atoms with Crippen LogP contribution in [0.15, 0.2) is 12.1 Å². The van der Waals surface area contributed by atoms with E-state index in [-0.39, 0.29) is 5.92 Å². The highest BCUT2D eigenvalue weighted by molar-refractivity contribution is 9.09. The van der Waals surface area contributed by atoms with Gasteiger partial charge in [0.25, 0.3) is 5.91 Å². The van der Waals surface area contributed by atoms with Gasteiger partial charge >= 0.3 is 0 Å². The van der Waals surface area contributed by atoms with Crippen molar-refractivity contribution in [2.24, 2.45) is 5.92 Å². The molecule has 2 atom stereocenters. The van der Waals surface area contributed by atoms with Gasteiger partial charge in [-0.15, -0.1) is 0 Å². The van der Waals surface area contributed by atoms with Crippen molar-refractivity contribution in [1.82, 2.24) is 5.32 Å². The average molecular weight is 336 g/mol. The predicted molar refractivity (Wildman–Crippen MR) is 68.7 cm³/mol. The van der Waals surface area contributed by atoms with Gasteiger partial charge in [-0.25, -0.2) is 13.2 Å². The minimum atomic E-state index is -1.62. The minimum Gasteiger partial charge on any atom is -0.352 e. The predicted octanol–water partition coefficient (Wildman–Crippen LogP) is 3.40. The Morgan fingerprint density at radius 3 is 2.63 bits per heavy atom. The Morgan fingerprint density at radius 1 is 1.26 bits per heavy atom. The molecular formula is C13H13BrF3NO. The number of carbonyl (C=O) groups is 1. The Labute approximate surface area is 117 Å². The molecule has 0 radical (unpaired) electrons. The van der Waals surface area contributed by atoms with Crippen molar-refractivity contribution in [2.75, 3.05) is 6.54 Å². The maximum absolute atomic E-state index is 13.4. The molecule has 1 amide bonds. The summed E-state index contributed by atoms with van der Waals surface area (Å²) >= 11 is 3.51. The summed E-state index contributed by atoms with van der Waals surface area (Å²) in [5.74, 6) is -4.79. The molecular weight excluding hydrogens is 323 g/mol. The normalized spacial score (nSPS) is 22.5. The molecule has 104 valence electrons. The van der Waals surface area contributed by atoms with E-state index in [4.69, 9.17) is 0 Å². The van der Waals surface area contributed by atoms with Crippen LogP contribution in [0.3, 0.4) is 0 Å². The summed E-state index contributed by atoms with van der Waals surface area (Å²) in [5, 5.41) is 2.56. The SMILES string of the molecule is O=C(NCC1CCCC1Br)c1ccc(F)c(F)c1F. The van der Waals surface area contributed by atoms with Crippen molar-refractivity contribution in [1.29, 1.82) is 0 Å².